The van der Waals surface area contributed by atoms with Gasteiger partial charge in [-0.2, -0.15) is 0 Å². The summed E-state index contributed by atoms with van der Waals surface area (Å²) in [5.74, 6) is 0. The van der Waals surface area contributed by atoms with Crippen LogP contribution in [0.25, 0.3) is 0 Å². The standard InChI is InChI=1S/C12H26N2O/c1-10(8-15-5)14(4)12(3,9-13)11(2)6-7-11/h10H,6-9,13H2,1-5H3. The molecule has 0 radical (unpaired) electrons. The largest absolute Gasteiger partial charge is 0.383 e. The molecule has 0 aromatic heterocycles. The molecule has 1 rings (SSSR count). The first-order chi connectivity index (χ1) is 6.91. The molecule has 0 amide bonds. The van der Waals surface area contributed by atoms with Crippen molar-refractivity contribution in [2.75, 3.05) is 27.3 Å². The molecule has 1 aliphatic rings. The molecular weight excluding hydrogens is 188 g/mol. The lowest BCUT2D eigenvalue weighted by Crippen LogP contribution is -2.59. The lowest BCUT2D eigenvalue weighted by atomic mass is 9.81. The average Bonchev–Trinajstić information content (AvgIpc) is 2.96. The first kappa shape index (κ1) is 12.9. The van der Waals surface area contributed by atoms with E-state index in [1.165, 1.54) is 12.8 Å². The van der Waals surface area contributed by atoms with E-state index in [1.54, 1.807) is 7.11 Å². The zero-order valence-electron chi connectivity index (χ0n) is 10.8. The predicted octanol–water partition coefficient (Wildman–Crippen LogP) is 1.47. The van der Waals surface area contributed by atoms with Gasteiger partial charge >= 0.3 is 0 Å². The van der Waals surface area contributed by atoms with Gasteiger partial charge in [0, 0.05) is 25.2 Å². The Bertz CT molecular complexity index is 216. The Hall–Kier alpha value is -0.120. The molecule has 2 N–H and O–H groups in total. The van der Waals surface area contributed by atoms with Crippen LogP contribution in [0.4, 0.5) is 0 Å². The number of nitrogens with zero attached hydrogens (tertiary/aromatic N) is 1. The zero-order valence-corrected chi connectivity index (χ0v) is 10.8. The van der Waals surface area contributed by atoms with Gasteiger partial charge in [-0.3, -0.25) is 4.90 Å². The molecule has 0 aromatic rings. The van der Waals surface area contributed by atoms with Crippen molar-refractivity contribution in [2.24, 2.45) is 11.1 Å². The Balaban J connectivity index is 2.73. The fourth-order valence-electron chi connectivity index (χ4n) is 2.38. The van der Waals surface area contributed by atoms with E-state index in [2.05, 4.69) is 32.7 Å². The number of rotatable bonds is 6. The quantitative estimate of drug-likeness (QED) is 0.727. The highest BCUT2D eigenvalue weighted by Crippen LogP contribution is 2.55. The molecule has 0 bridgehead atoms. The third-order valence-corrected chi connectivity index (χ3v) is 4.55. The summed E-state index contributed by atoms with van der Waals surface area (Å²) in [7, 11) is 3.92. The Labute approximate surface area is 94.0 Å². The molecule has 0 aromatic carbocycles. The maximum Gasteiger partial charge on any atom is 0.0615 e. The summed E-state index contributed by atoms with van der Waals surface area (Å²) in [4.78, 5) is 2.39. The highest BCUT2D eigenvalue weighted by molar-refractivity contribution is 5.09. The zero-order chi connectivity index (χ0) is 11.7. The van der Waals surface area contributed by atoms with Crippen LogP contribution in [0.2, 0.25) is 0 Å². The second-order valence-corrected chi connectivity index (χ2v) is 5.45. The van der Waals surface area contributed by atoms with Crippen LogP contribution in [0.5, 0.6) is 0 Å². The van der Waals surface area contributed by atoms with Gasteiger partial charge in [0.05, 0.1) is 6.61 Å². The summed E-state index contributed by atoms with van der Waals surface area (Å²) < 4.78 is 5.22. The van der Waals surface area contributed by atoms with Crippen LogP contribution in [-0.2, 0) is 4.74 Å². The van der Waals surface area contributed by atoms with Crippen molar-refractivity contribution < 1.29 is 4.74 Å². The maximum absolute atomic E-state index is 5.99. The van der Waals surface area contributed by atoms with Crippen molar-refractivity contribution in [3.05, 3.63) is 0 Å². The molecule has 90 valence electrons. The van der Waals surface area contributed by atoms with Gasteiger partial charge in [0.1, 0.15) is 0 Å². The molecule has 0 spiro atoms. The minimum Gasteiger partial charge on any atom is -0.383 e. The topological polar surface area (TPSA) is 38.5 Å². The molecule has 3 nitrogen and oxygen atoms in total. The lowest BCUT2D eigenvalue weighted by molar-refractivity contribution is 0.00884. The highest BCUT2D eigenvalue weighted by Gasteiger charge is 2.54. The molecule has 2 atom stereocenters. The van der Waals surface area contributed by atoms with Gasteiger partial charge in [0.15, 0.2) is 0 Å². The second kappa shape index (κ2) is 4.40. The van der Waals surface area contributed by atoms with Gasteiger partial charge in [-0.15, -0.1) is 0 Å². The van der Waals surface area contributed by atoms with E-state index in [1.807, 2.05) is 0 Å². The molecule has 0 saturated heterocycles. The van der Waals surface area contributed by atoms with Crippen LogP contribution in [0.1, 0.15) is 33.6 Å². The summed E-state index contributed by atoms with van der Waals surface area (Å²) in [6.45, 7) is 8.31. The summed E-state index contributed by atoms with van der Waals surface area (Å²) in [5.41, 5.74) is 6.49. The number of methoxy groups -OCH3 is 1. The Kier molecular flexibility index (Phi) is 3.80. The monoisotopic (exact) mass is 214 g/mol. The molecule has 15 heavy (non-hydrogen) atoms. The number of likely N-dealkylation sites (N-methyl/N-ethyl adjacent to an activating group) is 1. The minimum atomic E-state index is 0.102. The van der Waals surface area contributed by atoms with E-state index in [-0.39, 0.29) is 5.54 Å². The van der Waals surface area contributed by atoms with Crippen molar-refractivity contribution >= 4 is 0 Å². The second-order valence-electron chi connectivity index (χ2n) is 5.45. The van der Waals surface area contributed by atoms with Gasteiger partial charge in [0.25, 0.3) is 0 Å². The minimum absolute atomic E-state index is 0.102. The highest BCUT2D eigenvalue weighted by atomic mass is 16.5. The summed E-state index contributed by atoms with van der Waals surface area (Å²) in [6.07, 6.45) is 2.59. The number of ether oxygens (including phenoxy) is 1. The van der Waals surface area contributed by atoms with Crippen LogP contribution in [-0.4, -0.2) is 43.8 Å². The third kappa shape index (κ3) is 2.19. The molecule has 1 saturated carbocycles. The average molecular weight is 214 g/mol. The molecular formula is C12H26N2O. The van der Waals surface area contributed by atoms with E-state index in [4.69, 9.17) is 10.5 Å². The van der Waals surface area contributed by atoms with E-state index in [0.717, 1.165) is 6.61 Å². The third-order valence-electron chi connectivity index (χ3n) is 4.55. The molecule has 2 unspecified atom stereocenters. The van der Waals surface area contributed by atoms with E-state index < -0.39 is 0 Å². The first-order valence-corrected chi connectivity index (χ1v) is 5.83. The van der Waals surface area contributed by atoms with Crippen LogP contribution < -0.4 is 5.73 Å². The van der Waals surface area contributed by atoms with Crippen molar-refractivity contribution in [2.45, 2.75) is 45.2 Å². The smallest absolute Gasteiger partial charge is 0.0615 e. The van der Waals surface area contributed by atoms with Crippen molar-refractivity contribution in [3.8, 4) is 0 Å². The Morgan fingerprint density at radius 3 is 2.40 bits per heavy atom. The van der Waals surface area contributed by atoms with Crippen LogP contribution in [0.3, 0.4) is 0 Å². The van der Waals surface area contributed by atoms with Gasteiger partial charge < -0.3 is 10.5 Å². The summed E-state index contributed by atoms with van der Waals surface area (Å²) >= 11 is 0. The SMILES string of the molecule is COCC(C)N(C)C(C)(CN)C1(C)CC1. The summed E-state index contributed by atoms with van der Waals surface area (Å²) in [5, 5.41) is 0. The van der Waals surface area contributed by atoms with Gasteiger partial charge in [-0.25, -0.2) is 0 Å². The lowest BCUT2D eigenvalue weighted by Gasteiger charge is -2.46. The first-order valence-electron chi connectivity index (χ1n) is 5.83. The predicted molar refractivity (Wildman–Crippen MR) is 63.9 cm³/mol. The van der Waals surface area contributed by atoms with Crippen molar-refractivity contribution in [1.82, 2.24) is 4.90 Å². The van der Waals surface area contributed by atoms with Crippen LogP contribution >= 0.6 is 0 Å². The van der Waals surface area contributed by atoms with Gasteiger partial charge in [-0.1, -0.05) is 6.92 Å². The normalized spacial score (nSPS) is 25.0. The molecule has 0 aliphatic heterocycles. The Morgan fingerprint density at radius 1 is 1.53 bits per heavy atom. The van der Waals surface area contributed by atoms with E-state index in [0.29, 0.717) is 18.0 Å². The van der Waals surface area contributed by atoms with E-state index >= 15 is 0 Å². The molecule has 0 heterocycles. The van der Waals surface area contributed by atoms with Crippen molar-refractivity contribution in [3.63, 3.8) is 0 Å². The molecule has 1 fully saturated rings. The van der Waals surface area contributed by atoms with E-state index in [9.17, 15) is 0 Å². The fourth-order valence-corrected chi connectivity index (χ4v) is 2.38. The summed E-state index contributed by atoms with van der Waals surface area (Å²) in [6, 6.07) is 0.418. The van der Waals surface area contributed by atoms with Gasteiger partial charge in [0.2, 0.25) is 0 Å². The molecule has 1 aliphatic carbocycles. The Morgan fingerprint density at radius 2 is 2.07 bits per heavy atom. The van der Waals surface area contributed by atoms with Crippen LogP contribution in [0, 0.1) is 5.41 Å². The maximum atomic E-state index is 5.99. The number of nitrogens with two attached hydrogens (primary N) is 1. The van der Waals surface area contributed by atoms with Crippen molar-refractivity contribution in [1.29, 1.82) is 0 Å². The van der Waals surface area contributed by atoms with Crippen LogP contribution in [0.15, 0.2) is 0 Å². The van der Waals surface area contributed by atoms with Gasteiger partial charge in [-0.05, 0) is 39.2 Å². The molecule has 3 heteroatoms. The number of hydrogen-bond donors (Lipinski definition) is 1. The number of hydrogen-bond acceptors (Lipinski definition) is 3. The fraction of sp³-hybridized carbons (Fsp3) is 1.00.